The molecule has 0 aromatic rings. The van der Waals surface area contributed by atoms with Gasteiger partial charge in [-0.15, -0.1) is 0 Å². The standard InChI is InChI=1S/C14H25N3O2/c1-2-16-12(18)11-5-9-17(10-6-11)13(19)14(15)7-3-4-8-14/h11H,2-10,15H2,1H3,(H,16,18). The molecule has 1 aliphatic carbocycles. The van der Waals surface area contributed by atoms with Crippen LogP contribution in [0.2, 0.25) is 0 Å². The molecule has 2 fully saturated rings. The molecule has 5 nitrogen and oxygen atoms in total. The van der Waals surface area contributed by atoms with Crippen LogP contribution < -0.4 is 11.1 Å². The van der Waals surface area contributed by atoms with E-state index in [0.29, 0.717) is 19.6 Å². The van der Waals surface area contributed by atoms with E-state index >= 15 is 0 Å². The average Bonchev–Trinajstić information content (AvgIpc) is 2.86. The van der Waals surface area contributed by atoms with Gasteiger partial charge in [-0.05, 0) is 32.6 Å². The maximum Gasteiger partial charge on any atom is 0.242 e. The number of amides is 2. The Labute approximate surface area is 114 Å². The van der Waals surface area contributed by atoms with Crippen molar-refractivity contribution in [1.82, 2.24) is 10.2 Å². The third kappa shape index (κ3) is 3.08. The topological polar surface area (TPSA) is 75.4 Å². The van der Waals surface area contributed by atoms with Gasteiger partial charge in [0.25, 0.3) is 0 Å². The lowest BCUT2D eigenvalue weighted by molar-refractivity contribution is -0.140. The lowest BCUT2D eigenvalue weighted by atomic mass is 9.92. The molecular formula is C14H25N3O2. The number of hydrogen-bond acceptors (Lipinski definition) is 3. The van der Waals surface area contributed by atoms with Crippen LogP contribution in [-0.2, 0) is 9.59 Å². The first-order valence-electron chi connectivity index (χ1n) is 7.43. The van der Waals surface area contributed by atoms with Gasteiger partial charge in [-0.3, -0.25) is 9.59 Å². The summed E-state index contributed by atoms with van der Waals surface area (Å²) in [7, 11) is 0. The summed E-state index contributed by atoms with van der Waals surface area (Å²) in [6, 6.07) is 0. The summed E-state index contributed by atoms with van der Waals surface area (Å²) in [4.78, 5) is 26.0. The van der Waals surface area contributed by atoms with Crippen molar-refractivity contribution in [3.8, 4) is 0 Å². The third-order valence-corrected chi connectivity index (χ3v) is 4.43. The monoisotopic (exact) mass is 267 g/mol. The van der Waals surface area contributed by atoms with Gasteiger partial charge in [-0.2, -0.15) is 0 Å². The minimum atomic E-state index is -0.626. The summed E-state index contributed by atoms with van der Waals surface area (Å²) in [6.45, 7) is 3.93. The Morgan fingerprint density at radius 1 is 1.26 bits per heavy atom. The Morgan fingerprint density at radius 3 is 2.37 bits per heavy atom. The van der Waals surface area contributed by atoms with E-state index in [-0.39, 0.29) is 17.7 Å². The van der Waals surface area contributed by atoms with Crippen LogP contribution in [0.25, 0.3) is 0 Å². The number of rotatable bonds is 3. The fourth-order valence-corrected chi connectivity index (χ4v) is 3.20. The van der Waals surface area contributed by atoms with Crippen molar-refractivity contribution in [3.05, 3.63) is 0 Å². The largest absolute Gasteiger partial charge is 0.356 e. The summed E-state index contributed by atoms with van der Waals surface area (Å²) in [5.41, 5.74) is 5.58. The maximum absolute atomic E-state index is 12.4. The second kappa shape index (κ2) is 5.90. The van der Waals surface area contributed by atoms with Crippen LogP contribution in [0.4, 0.5) is 0 Å². The highest BCUT2D eigenvalue weighted by Crippen LogP contribution is 2.30. The number of nitrogens with zero attached hydrogens (tertiary/aromatic N) is 1. The Morgan fingerprint density at radius 2 is 1.84 bits per heavy atom. The second-order valence-corrected chi connectivity index (χ2v) is 5.82. The fraction of sp³-hybridized carbons (Fsp3) is 0.857. The van der Waals surface area contributed by atoms with Gasteiger partial charge in [0, 0.05) is 25.6 Å². The third-order valence-electron chi connectivity index (χ3n) is 4.43. The highest BCUT2D eigenvalue weighted by Gasteiger charge is 2.41. The van der Waals surface area contributed by atoms with Crippen molar-refractivity contribution in [2.75, 3.05) is 19.6 Å². The second-order valence-electron chi connectivity index (χ2n) is 5.82. The van der Waals surface area contributed by atoms with E-state index in [1.54, 1.807) is 0 Å². The van der Waals surface area contributed by atoms with Crippen LogP contribution in [0.1, 0.15) is 45.4 Å². The zero-order valence-electron chi connectivity index (χ0n) is 11.8. The van der Waals surface area contributed by atoms with Crippen LogP contribution in [-0.4, -0.2) is 41.9 Å². The molecule has 1 saturated heterocycles. The molecule has 0 atom stereocenters. The molecule has 2 rings (SSSR count). The normalized spacial score (nSPS) is 23.4. The van der Waals surface area contributed by atoms with Crippen LogP contribution >= 0.6 is 0 Å². The molecule has 0 aromatic heterocycles. The van der Waals surface area contributed by atoms with E-state index < -0.39 is 5.54 Å². The van der Waals surface area contributed by atoms with Crippen molar-refractivity contribution in [2.24, 2.45) is 11.7 Å². The minimum absolute atomic E-state index is 0.0568. The van der Waals surface area contributed by atoms with Crippen LogP contribution in [0.5, 0.6) is 0 Å². The van der Waals surface area contributed by atoms with Gasteiger partial charge in [-0.25, -0.2) is 0 Å². The first-order chi connectivity index (χ1) is 9.07. The zero-order valence-corrected chi connectivity index (χ0v) is 11.8. The molecule has 2 aliphatic rings. The van der Waals surface area contributed by atoms with Crippen molar-refractivity contribution < 1.29 is 9.59 Å². The minimum Gasteiger partial charge on any atom is -0.356 e. The fourth-order valence-electron chi connectivity index (χ4n) is 3.20. The van der Waals surface area contributed by atoms with Crippen LogP contribution in [0, 0.1) is 5.92 Å². The number of hydrogen-bond donors (Lipinski definition) is 2. The summed E-state index contributed by atoms with van der Waals surface area (Å²) in [5.74, 6) is 0.276. The Balaban J connectivity index is 1.86. The van der Waals surface area contributed by atoms with Crippen molar-refractivity contribution in [1.29, 1.82) is 0 Å². The Bertz CT molecular complexity index is 343. The van der Waals surface area contributed by atoms with Crippen molar-refractivity contribution >= 4 is 11.8 Å². The predicted molar refractivity (Wildman–Crippen MR) is 73.4 cm³/mol. The average molecular weight is 267 g/mol. The molecule has 0 radical (unpaired) electrons. The molecule has 0 spiro atoms. The predicted octanol–water partition coefficient (Wildman–Crippen LogP) is 0.633. The van der Waals surface area contributed by atoms with Crippen molar-refractivity contribution in [3.63, 3.8) is 0 Å². The molecule has 2 amide bonds. The SMILES string of the molecule is CCNC(=O)C1CCN(C(=O)C2(N)CCCC2)CC1. The van der Waals surface area contributed by atoms with Gasteiger partial charge in [0.05, 0.1) is 5.54 Å². The number of carbonyl (C=O) groups excluding carboxylic acids is 2. The van der Waals surface area contributed by atoms with E-state index in [4.69, 9.17) is 5.73 Å². The van der Waals surface area contributed by atoms with Gasteiger partial charge >= 0.3 is 0 Å². The van der Waals surface area contributed by atoms with Gasteiger partial charge in [0.2, 0.25) is 11.8 Å². The van der Waals surface area contributed by atoms with E-state index in [2.05, 4.69) is 5.32 Å². The van der Waals surface area contributed by atoms with Gasteiger partial charge in [-0.1, -0.05) is 12.8 Å². The molecule has 3 N–H and O–H groups in total. The number of nitrogens with two attached hydrogens (primary N) is 1. The molecule has 1 aliphatic heterocycles. The molecule has 5 heteroatoms. The first-order valence-corrected chi connectivity index (χ1v) is 7.43. The van der Waals surface area contributed by atoms with Gasteiger partial charge < -0.3 is 16.0 Å². The van der Waals surface area contributed by atoms with Gasteiger partial charge in [0.15, 0.2) is 0 Å². The Kier molecular flexibility index (Phi) is 4.45. The van der Waals surface area contributed by atoms with E-state index in [9.17, 15) is 9.59 Å². The Hall–Kier alpha value is -1.10. The number of nitrogens with one attached hydrogen (secondary N) is 1. The number of piperidine rings is 1. The van der Waals surface area contributed by atoms with Crippen LogP contribution in [0.3, 0.4) is 0 Å². The first kappa shape index (κ1) is 14.3. The van der Waals surface area contributed by atoms with Crippen LogP contribution in [0.15, 0.2) is 0 Å². The molecule has 0 aromatic carbocycles. The molecule has 0 bridgehead atoms. The molecule has 1 heterocycles. The van der Waals surface area contributed by atoms with E-state index in [1.165, 1.54) is 0 Å². The molecule has 108 valence electrons. The molecule has 1 saturated carbocycles. The number of likely N-dealkylation sites (tertiary alicyclic amines) is 1. The zero-order chi connectivity index (χ0) is 13.9. The highest BCUT2D eigenvalue weighted by atomic mass is 16.2. The lowest BCUT2D eigenvalue weighted by Crippen LogP contribution is -2.55. The van der Waals surface area contributed by atoms with E-state index in [0.717, 1.165) is 38.5 Å². The highest BCUT2D eigenvalue weighted by molar-refractivity contribution is 5.87. The summed E-state index contributed by atoms with van der Waals surface area (Å²) in [6.07, 6.45) is 5.24. The summed E-state index contributed by atoms with van der Waals surface area (Å²) < 4.78 is 0. The molecular weight excluding hydrogens is 242 g/mol. The maximum atomic E-state index is 12.4. The van der Waals surface area contributed by atoms with E-state index in [1.807, 2.05) is 11.8 Å². The number of carbonyl (C=O) groups is 2. The quantitative estimate of drug-likeness (QED) is 0.787. The smallest absolute Gasteiger partial charge is 0.242 e. The summed E-state index contributed by atoms with van der Waals surface area (Å²) in [5, 5.41) is 2.85. The van der Waals surface area contributed by atoms with Crippen molar-refractivity contribution in [2.45, 2.75) is 51.0 Å². The molecule has 19 heavy (non-hydrogen) atoms. The lowest BCUT2D eigenvalue weighted by Gasteiger charge is -2.36. The summed E-state index contributed by atoms with van der Waals surface area (Å²) >= 11 is 0. The van der Waals surface area contributed by atoms with Gasteiger partial charge in [0.1, 0.15) is 0 Å². The molecule has 0 unspecified atom stereocenters.